The predicted octanol–water partition coefficient (Wildman–Crippen LogP) is 4.91. The van der Waals surface area contributed by atoms with Crippen molar-refractivity contribution >= 4 is 27.6 Å². The van der Waals surface area contributed by atoms with Gasteiger partial charge in [0.05, 0.1) is 5.76 Å². The number of aliphatic hydroxyl groups is 1. The van der Waals surface area contributed by atoms with E-state index in [1.165, 1.54) is 21.5 Å². The third kappa shape index (κ3) is 1.74. The van der Waals surface area contributed by atoms with E-state index in [1.54, 1.807) is 6.92 Å². The van der Waals surface area contributed by atoms with Crippen LogP contribution in [0.1, 0.15) is 12.5 Å². The van der Waals surface area contributed by atoms with E-state index in [0.717, 1.165) is 5.56 Å². The van der Waals surface area contributed by atoms with Crippen molar-refractivity contribution in [2.75, 3.05) is 0 Å². The van der Waals surface area contributed by atoms with Gasteiger partial charge in [0.15, 0.2) is 0 Å². The molecule has 0 aliphatic rings. The molecule has 0 aromatic heterocycles. The Labute approximate surface area is 106 Å². The minimum Gasteiger partial charge on any atom is -0.513 e. The summed E-state index contributed by atoms with van der Waals surface area (Å²) in [5.74, 6) is 0.330. The lowest BCUT2D eigenvalue weighted by atomic mass is 9.96. The fourth-order valence-electron chi connectivity index (χ4n) is 2.41. The van der Waals surface area contributed by atoms with Gasteiger partial charge in [-0.25, -0.2) is 0 Å². The number of allylic oxidation sites excluding steroid dienone is 1. The summed E-state index contributed by atoms with van der Waals surface area (Å²) in [6.45, 7) is 1.70. The molecule has 0 heterocycles. The maximum absolute atomic E-state index is 9.59. The van der Waals surface area contributed by atoms with Gasteiger partial charge in [0.2, 0.25) is 0 Å². The van der Waals surface area contributed by atoms with Crippen molar-refractivity contribution in [3.63, 3.8) is 0 Å². The SMILES string of the molecule is C/C(O)=C/c1c2ccccc2cc2ccccc12. The number of aliphatic hydroxyl groups excluding tert-OH is 1. The van der Waals surface area contributed by atoms with Crippen LogP contribution in [0.4, 0.5) is 0 Å². The average Bonchev–Trinajstić information content (AvgIpc) is 2.38. The van der Waals surface area contributed by atoms with Gasteiger partial charge >= 0.3 is 0 Å². The molecule has 3 rings (SSSR count). The predicted molar refractivity (Wildman–Crippen MR) is 77.7 cm³/mol. The van der Waals surface area contributed by atoms with Crippen LogP contribution >= 0.6 is 0 Å². The molecule has 3 aromatic carbocycles. The summed E-state index contributed by atoms with van der Waals surface area (Å²) < 4.78 is 0. The molecule has 0 saturated heterocycles. The molecule has 0 amide bonds. The minimum atomic E-state index is 0.330. The summed E-state index contributed by atoms with van der Waals surface area (Å²) in [4.78, 5) is 0. The molecule has 0 fully saturated rings. The summed E-state index contributed by atoms with van der Waals surface area (Å²) in [6, 6.07) is 18.7. The van der Waals surface area contributed by atoms with E-state index in [0.29, 0.717) is 5.76 Å². The summed E-state index contributed by atoms with van der Waals surface area (Å²) >= 11 is 0. The monoisotopic (exact) mass is 234 g/mol. The van der Waals surface area contributed by atoms with Crippen LogP contribution in [0.15, 0.2) is 60.4 Å². The van der Waals surface area contributed by atoms with E-state index in [-0.39, 0.29) is 0 Å². The topological polar surface area (TPSA) is 20.2 Å². The summed E-state index contributed by atoms with van der Waals surface area (Å²) in [6.07, 6.45) is 1.84. The zero-order valence-corrected chi connectivity index (χ0v) is 10.2. The Hall–Kier alpha value is -2.28. The Kier molecular flexibility index (Phi) is 2.52. The standard InChI is InChI=1S/C17H14O/c1-12(18)10-17-15-8-4-2-6-13(15)11-14-7-3-5-9-16(14)17/h2-11,18H,1H3/b12-10-. The molecule has 0 spiro atoms. The number of rotatable bonds is 1. The highest BCUT2D eigenvalue weighted by atomic mass is 16.3. The second-order valence-corrected chi connectivity index (χ2v) is 4.52. The van der Waals surface area contributed by atoms with E-state index in [4.69, 9.17) is 0 Å². The van der Waals surface area contributed by atoms with Crippen LogP contribution in [-0.4, -0.2) is 5.11 Å². The number of hydrogen-bond donors (Lipinski definition) is 1. The van der Waals surface area contributed by atoms with Gasteiger partial charge in [0, 0.05) is 0 Å². The number of hydrogen-bond acceptors (Lipinski definition) is 1. The maximum atomic E-state index is 9.59. The first kappa shape index (κ1) is 10.8. The highest BCUT2D eigenvalue weighted by molar-refractivity contribution is 6.06. The Balaban J connectivity index is 2.53. The first-order valence-corrected chi connectivity index (χ1v) is 6.03. The van der Waals surface area contributed by atoms with Crippen LogP contribution in [0.5, 0.6) is 0 Å². The van der Waals surface area contributed by atoms with Crippen LogP contribution in [0.25, 0.3) is 27.6 Å². The van der Waals surface area contributed by atoms with Crippen molar-refractivity contribution in [2.45, 2.75) is 6.92 Å². The lowest BCUT2D eigenvalue weighted by Crippen LogP contribution is -1.84. The molecule has 3 aromatic rings. The summed E-state index contributed by atoms with van der Waals surface area (Å²) in [5, 5.41) is 14.3. The zero-order valence-electron chi connectivity index (χ0n) is 10.2. The molecule has 0 radical (unpaired) electrons. The quantitative estimate of drug-likeness (QED) is 0.468. The van der Waals surface area contributed by atoms with Gasteiger partial charge in [-0.15, -0.1) is 0 Å². The normalized spacial score (nSPS) is 12.2. The van der Waals surface area contributed by atoms with E-state index in [9.17, 15) is 5.11 Å². The average molecular weight is 234 g/mol. The Morgan fingerprint density at radius 3 is 1.89 bits per heavy atom. The van der Waals surface area contributed by atoms with Gasteiger partial charge in [0.25, 0.3) is 0 Å². The fourth-order valence-corrected chi connectivity index (χ4v) is 2.41. The van der Waals surface area contributed by atoms with E-state index >= 15 is 0 Å². The molecule has 88 valence electrons. The van der Waals surface area contributed by atoms with Crippen molar-refractivity contribution in [1.82, 2.24) is 0 Å². The van der Waals surface area contributed by atoms with Gasteiger partial charge in [0.1, 0.15) is 0 Å². The van der Waals surface area contributed by atoms with E-state index < -0.39 is 0 Å². The van der Waals surface area contributed by atoms with Gasteiger partial charge in [-0.3, -0.25) is 0 Å². The Bertz CT molecular complexity index is 696. The molecule has 0 aliphatic carbocycles. The number of fused-ring (bicyclic) bond motifs is 2. The smallest absolute Gasteiger partial charge is 0.0898 e. The third-order valence-electron chi connectivity index (χ3n) is 3.17. The summed E-state index contributed by atoms with van der Waals surface area (Å²) in [5.41, 5.74) is 1.09. The largest absolute Gasteiger partial charge is 0.513 e. The number of benzene rings is 3. The van der Waals surface area contributed by atoms with Crippen molar-refractivity contribution in [3.8, 4) is 0 Å². The Morgan fingerprint density at radius 2 is 1.39 bits per heavy atom. The second-order valence-electron chi connectivity index (χ2n) is 4.52. The molecular weight excluding hydrogens is 220 g/mol. The molecule has 0 saturated carbocycles. The zero-order chi connectivity index (χ0) is 12.5. The first-order valence-electron chi connectivity index (χ1n) is 6.03. The van der Waals surface area contributed by atoms with E-state index in [1.807, 2.05) is 30.3 Å². The van der Waals surface area contributed by atoms with Crippen molar-refractivity contribution in [2.24, 2.45) is 0 Å². The van der Waals surface area contributed by atoms with Gasteiger partial charge in [-0.2, -0.15) is 0 Å². The molecule has 1 heteroatoms. The Morgan fingerprint density at radius 1 is 0.889 bits per heavy atom. The van der Waals surface area contributed by atoms with Crippen molar-refractivity contribution in [1.29, 1.82) is 0 Å². The van der Waals surface area contributed by atoms with Crippen LogP contribution in [0.2, 0.25) is 0 Å². The molecule has 18 heavy (non-hydrogen) atoms. The first-order chi connectivity index (χ1) is 8.75. The van der Waals surface area contributed by atoms with Crippen LogP contribution in [0.3, 0.4) is 0 Å². The highest BCUT2D eigenvalue weighted by Gasteiger charge is 2.05. The molecule has 1 nitrogen and oxygen atoms in total. The lowest BCUT2D eigenvalue weighted by Gasteiger charge is -2.08. The van der Waals surface area contributed by atoms with Crippen LogP contribution in [0, 0.1) is 0 Å². The summed E-state index contributed by atoms with van der Waals surface area (Å²) in [7, 11) is 0. The van der Waals surface area contributed by atoms with Crippen molar-refractivity contribution in [3.05, 3.63) is 65.9 Å². The molecule has 0 unspecified atom stereocenters. The molecule has 1 N–H and O–H groups in total. The molecule has 0 aliphatic heterocycles. The van der Waals surface area contributed by atoms with E-state index in [2.05, 4.69) is 30.3 Å². The van der Waals surface area contributed by atoms with Gasteiger partial charge in [-0.05, 0) is 46.2 Å². The lowest BCUT2D eigenvalue weighted by molar-refractivity contribution is 0.420. The fraction of sp³-hybridized carbons (Fsp3) is 0.0588. The maximum Gasteiger partial charge on any atom is 0.0898 e. The van der Waals surface area contributed by atoms with Gasteiger partial charge in [-0.1, -0.05) is 48.5 Å². The van der Waals surface area contributed by atoms with Crippen LogP contribution < -0.4 is 0 Å². The molecule has 0 bridgehead atoms. The molecule has 0 atom stereocenters. The molecular formula is C17H14O. The van der Waals surface area contributed by atoms with Crippen molar-refractivity contribution < 1.29 is 5.11 Å². The minimum absolute atomic E-state index is 0.330. The van der Waals surface area contributed by atoms with Crippen LogP contribution in [-0.2, 0) is 0 Å². The highest BCUT2D eigenvalue weighted by Crippen LogP contribution is 2.29. The second kappa shape index (κ2) is 4.19. The third-order valence-corrected chi connectivity index (χ3v) is 3.17. The van der Waals surface area contributed by atoms with Gasteiger partial charge < -0.3 is 5.11 Å².